The van der Waals surface area contributed by atoms with Crippen molar-refractivity contribution in [2.45, 2.75) is 33.2 Å². The lowest BCUT2D eigenvalue weighted by Crippen LogP contribution is -2.39. The number of hydrogen-bond acceptors (Lipinski definition) is 4. The third-order valence-electron chi connectivity index (χ3n) is 4.03. The average Bonchev–Trinajstić information content (AvgIpc) is 3.22. The number of furan rings is 1. The summed E-state index contributed by atoms with van der Waals surface area (Å²) in [6.07, 6.45) is 3.45. The number of nitrogens with one attached hydrogen (secondary N) is 2. The number of aliphatic imine (C=N–C) groups is 1. The SMILES string of the molecule is COc1ccc(CN=C(NCCCOCC(C)C)NCCc2ccco2)cc1. The third-order valence-corrected chi connectivity index (χ3v) is 4.03. The molecule has 6 nitrogen and oxygen atoms in total. The van der Waals surface area contributed by atoms with Crippen molar-refractivity contribution in [2.24, 2.45) is 10.9 Å². The van der Waals surface area contributed by atoms with Crippen LogP contribution in [0.25, 0.3) is 0 Å². The van der Waals surface area contributed by atoms with Crippen molar-refractivity contribution in [3.63, 3.8) is 0 Å². The maximum absolute atomic E-state index is 5.63. The van der Waals surface area contributed by atoms with E-state index in [1.54, 1.807) is 13.4 Å². The van der Waals surface area contributed by atoms with Crippen molar-refractivity contribution >= 4 is 5.96 Å². The van der Waals surface area contributed by atoms with Crippen molar-refractivity contribution in [3.05, 3.63) is 54.0 Å². The van der Waals surface area contributed by atoms with E-state index in [1.165, 1.54) is 0 Å². The van der Waals surface area contributed by atoms with Crippen LogP contribution in [0.3, 0.4) is 0 Å². The van der Waals surface area contributed by atoms with Crippen LogP contribution in [0, 0.1) is 5.92 Å². The number of benzene rings is 1. The molecule has 1 aromatic heterocycles. The van der Waals surface area contributed by atoms with Gasteiger partial charge < -0.3 is 24.5 Å². The van der Waals surface area contributed by atoms with Crippen LogP contribution >= 0.6 is 0 Å². The Morgan fingerprint density at radius 3 is 2.57 bits per heavy atom. The molecule has 0 fully saturated rings. The molecule has 0 spiro atoms. The van der Waals surface area contributed by atoms with Gasteiger partial charge in [0.25, 0.3) is 0 Å². The minimum atomic E-state index is 0.567. The molecule has 0 aliphatic carbocycles. The molecule has 2 rings (SSSR count). The topological polar surface area (TPSA) is 68.0 Å². The molecule has 28 heavy (non-hydrogen) atoms. The largest absolute Gasteiger partial charge is 0.497 e. The predicted octanol–water partition coefficient (Wildman–Crippen LogP) is 3.63. The van der Waals surface area contributed by atoms with Gasteiger partial charge in [-0.25, -0.2) is 4.99 Å². The lowest BCUT2D eigenvalue weighted by molar-refractivity contribution is 0.108. The summed E-state index contributed by atoms with van der Waals surface area (Å²) in [5.41, 5.74) is 1.13. The predicted molar refractivity (Wildman–Crippen MR) is 113 cm³/mol. The first-order valence-electron chi connectivity index (χ1n) is 9.92. The Balaban J connectivity index is 1.80. The molecule has 0 bridgehead atoms. The minimum Gasteiger partial charge on any atom is -0.497 e. The molecule has 0 unspecified atom stereocenters. The van der Waals surface area contributed by atoms with Gasteiger partial charge in [-0.1, -0.05) is 26.0 Å². The van der Waals surface area contributed by atoms with Gasteiger partial charge in [0.2, 0.25) is 0 Å². The summed E-state index contributed by atoms with van der Waals surface area (Å²) >= 11 is 0. The van der Waals surface area contributed by atoms with E-state index in [4.69, 9.17) is 18.9 Å². The van der Waals surface area contributed by atoms with Crippen LogP contribution in [0.1, 0.15) is 31.6 Å². The molecule has 0 amide bonds. The maximum atomic E-state index is 5.63. The van der Waals surface area contributed by atoms with Crippen LogP contribution in [0.2, 0.25) is 0 Å². The van der Waals surface area contributed by atoms with Crippen molar-refractivity contribution in [1.29, 1.82) is 0 Å². The highest BCUT2D eigenvalue weighted by Gasteiger charge is 2.02. The van der Waals surface area contributed by atoms with Gasteiger partial charge in [0.1, 0.15) is 11.5 Å². The molecule has 0 atom stereocenters. The maximum Gasteiger partial charge on any atom is 0.191 e. The Labute approximate surface area is 168 Å². The molecule has 6 heteroatoms. The van der Waals surface area contributed by atoms with Crippen LogP contribution in [0.5, 0.6) is 5.75 Å². The van der Waals surface area contributed by atoms with E-state index >= 15 is 0 Å². The van der Waals surface area contributed by atoms with Gasteiger partial charge in [0, 0.05) is 32.7 Å². The summed E-state index contributed by atoms with van der Waals surface area (Å²) in [7, 11) is 1.67. The summed E-state index contributed by atoms with van der Waals surface area (Å²) in [4.78, 5) is 4.70. The van der Waals surface area contributed by atoms with E-state index in [0.717, 1.165) is 62.2 Å². The average molecular weight is 388 g/mol. The highest BCUT2D eigenvalue weighted by molar-refractivity contribution is 5.79. The lowest BCUT2D eigenvalue weighted by Gasteiger charge is -2.13. The monoisotopic (exact) mass is 387 g/mol. The molecule has 0 saturated carbocycles. The number of methoxy groups -OCH3 is 1. The van der Waals surface area contributed by atoms with Gasteiger partial charge in [0.05, 0.1) is 19.9 Å². The first-order valence-corrected chi connectivity index (χ1v) is 9.92. The summed E-state index contributed by atoms with van der Waals surface area (Å²) < 4.78 is 16.2. The Kier molecular flexibility index (Phi) is 10.0. The van der Waals surface area contributed by atoms with Gasteiger partial charge in [-0.2, -0.15) is 0 Å². The number of guanidine groups is 1. The summed E-state index contributed by atoms with van der Waals surface area (Å²) in [5, 5.41) is 6.76. The van der Waals surface area contributed by atoms with E-state index in [1.807, 2.05) is 36.4 Å². The zero-order valence-corrected chi connectivity index (χ0v) is 17.2. The van der Waals surface area contributed by atoms with Crippen molar-refractivity contribution in [3.8, 4) is 5.75 Å². The molecule has 2 aromatic rings. The fraction of sp³-hybridized carbons (Fsp3) is 0.500. The third kappa shape index (κ3) is 8.95. The molecule has 1 heterocycles. The van der Waals surface area contributed by atoms with Gasteiger partial charge in [-0.15, -0.1) is 0 Å². The first kappa shape index (κ1) is 21.8. The molecule has 2 N–H and O–H groups in total. The Morgan fingerprint density at radius 2 is 1.89 bits per heavy atom. The number of rotatable bonds is 12. The molecule has 0 aliphatic rings. The van der Waals surface area contributed by atoms with E-state index in [9.17, 15) is 0 Å². The summed E-state index contributed by atoms with van der Waals surface area (Å²) in [6.45, 7) is 8.04. The van der Waals surface area contributed by atoms with Crippen molar-refractivity contribution in [2.75, 3.05) is 33.4 Å². The van der Waals surface area contributed by atoms with E-state index in [2.05, 4.69) is 24.5 Å². The molecular weight excluding hydrogens is 354 g/mol. The standard InChI is InChI=1S/C22H33N3O3/c1-18(2)17-27-14-5-12-23-22(24-13-11-21-6-4-15-28-21)25-16-19-7-9-20(26-3)10-8-19/h4,6-10,15,18H,5,11-14,16-17H2,1-3H3,(H2,23,24,25). The Hall–Kier alpha value is -2.47. The number of hydrogen-bond donors (Lipinski definition) is 2. The van der Waals surface area contributed by atoms with Crippen LogP contribution in [0.4, 0.5) is 0 Å². The van der Waals surface area contributed by atoms with E-state index < -0.39 is 0 Å². The zero-order chi connectivity index (χ0) is 20.0. The Morgan fingerprint density at radius 1 is 1.11 bits per heavy atom. The molecule has 1 aromatic carbocycles. The van der Waals surface area contributed by atoms with Gasteiger partial charge in [0.15, 0.2) is 5.96 Å². The van der Waals surface area contributed by atoms with Crippen molar-refractivity contribution in [1.82, 2.24) is 10.6 Å². The van der Waals surface area contributed by atoms with Gasteiger partial charge in [-0.05, 0) is 42.2 Å². The van der Waals surface area contributed by atoms with Crippen LogP contribution in [0.15, 0.2) is 52.1 Å². The normalized spacial score (nSPS) is 11.6. The highest BCUT2D eigenvalue weighted by atomic mass is 16.5. The number of nitrogens with zero attached hydrogens (tertiary/aromatic N) is 1. The van der Waals surface area contributed by atoms with Gasteiger partial charge in [-0.3, -0.25) is 0 Å². The summed E-state index contributed by atoms with van der Waals surface area (Å²) in [5.74, 6) is 3.18. The fourth-order valence-corrected chi connectivity index (χ4v) is 2.53. The van der Waals surface area contributed by atoms with Gasteiger partial charge >= 0.3 is 0 Å². The minimum absolute atomic E-state index is 0.567. The van der Waals surface area contributed by atoms with Crippen LogP contribution in [-0.2, 0) is 17.7 Å². The second-order valence-corrected chi connectivity index (χ2v) is 7.02. The van der Waals surface area contributed by atoms with E-state index in [-0.39, 0.29) is 0 Å². The van der Waals surface area contributed by atoms with Crippen molar-refractivity contribution < 1.29 is 13.9 Å². The highest BCUT2D eigenvalue weighted by Crippen LogP contribution is 2.11. The fourth-order valence-electron chi connectivity index (χ4n) is 2.53. The summed E-state index contributed by atoms with van der Waals surface area (Å²) in [6, 6.07) is 11.9. The van der Waals surface area contributed by atoms with E-state index in [0.29, 0.717) is 12.5 Å². The Bertz CT molecular complexity index is 667. The first-order chi connectivity index (χ1) is 13.7. The molecule has 0 aliphatic heterocycles. The smallest absolute Gasteiger partial charge is 0.191 e. The molecule has 154 valence electrons. The van der Waals surface area contributed by atoms with Crippen LogP contribution in [-0.4, -0.2) is 39.4 Å². The zero-order valence-electron chi connectivity index (χ0n) is 17.2. The molecule has 0 saturated heterocycles. The number of ether oxygens (including phenoxy) is 2. The second kappa shape index (κ2) is 12.8. The lowest BCUT2D eigenvalue weighted by atomic mass is 10.2. The molecular formula is C22H33N3O3. The second-order valence-electron chi connectivity index (χ2n) is 7.02. The molecule has 0 radical (unpaired) electrons. The quantitative estimate of drug-likeness (QED) is 0.331. The van der Waals surface area contributed by atoms with Crippen LogP contribution < -0.4 is 15.4 Å².